The maximum Gasteiger partial charge on any atom is 0.512 e. The Morgan fingerprint density at radius 1 is 0.667 bits per heavy atom. The van der Waals surface area contributed by atoms with Gasteiger partial charge in [0.25, 0.3) is 0 Å². The fourth-order valence-electron chi connectivity index (χ4n) is 2.58. The normalized spacial score (nSPS) is 13.7. The number of rotatable bonds is 12. The highest BCUT2D eigenvalue weighted by Crippen LogP contribution is 2.38. The fourth-order valence-corrected chi connectivity index (χ4v) is 5.10. The smallest absolute Gasteiger partial charge is 0.202 e. The molecule has 0 bridgehead atoms. The summed E-state index contributed by atoms with van der Waals surface area (Å²) in [6, 6.07) is 0. The zero-order valence-corrected chi connectivity index (χ0v) is 20.2. The van der Waals surface area contributed by atoms with Crippen molar-refractivity contribution >= 4 is 29.3 Å². The van der Waals surface area contributed by atoms with Gasteiger partial charge >= 0.3 is 31.1 Å². The highest BCUT2D eigenvalue weighted by molar-refractivity contribution is 8.05. The Kier molecular flexibility index (Phi) is 14.3. The van der Waals surface area contributed by atoms with E-state index >= 15 is 0 Å². The van der Waals surface area contributed by atoms with Gasteiger partial charge in [0.05, 0.1) is 0 Å². The van der Waals surface area contributed by atoms with Gasteiger partial charge in [0.1, 0.15) is 0 Å². The maximum absolute atomic E-state index is 11.5. The second-order valence-corrected chi connectivity index (χ2v) is 11.0. The first-order valence-electron chi connectivity index (χ1n) is 9.56. The van der Waals surface area contributed by atoms with Gasteiger partial charge in [0.2, 0.25) is 0 Å². The van der Waals surface area contributed by atoms with Crippen LogP contribution in [-0.2, 0) is 20.0 Å². The molecule has 30 heavy (non-hydrogen) atoms. The summed E-state index contributed by atoms with van der Waals surface area (Å²) >= 11 is 0. The van der Waals surface area contributed by atoms with E-state index in [1.54, 1.807) is 0 Å². The van der Waals surface area contributed by atoms with Gasteiger partial charge in [-0.1, -0.05) is 63.4 Å². The molecule has 0 heterocycles. The molecule has 14 heteroatoms. The van der Waals surface area contributed by atoms with E-state index in [9.17, 15) is 43.2 Å². The molecule has 0 fully saturated rings. The van der Waals surface area contributed by atoms with E-state index in [1.807, 2.05) is 0 Å². The summed E-state index contributed by atoms with van der Waals surface area (Å²) in [6.45, 7) is 6.94. The van der Waals surface area contributed by atoms with Gasteiger partial charge in [-0.25, -0.2) is 16.8 Å². The van der Waals surface area contributed by atoms with Crippen molar-refractivity contribution < 1.29 is 43.2 Å². The van der Waals surface area contributed by atoms with Crippen LogP contribution < -0.4 is 4.13 Å². The van der Waals surface area contributed by atoms with Crippen LogP contribution >= 0.6 is 9.24 Å². The summed E-state index contributed by atoms with van der Waals surface area (Å²) in [4.78, 5) is 0. The molecule has 5 nitrogen and oxygen atoms in total. The molecule has 0 saturated carbocycles. The third-order valence-corrected chi connectivity index (χ3v) is 8.28. The lowest BCUT2D eigenvalue weighted by Crippen LogP contribution is -2.45. The number of halogens is 6. The molecule has 1 unspecified atom stereocenters. The van der Waals surface area contributed by atoms with E-state index in [0.29, 0.717) is 5.41 Å². The average molecular weight is 512 g/mol. The highest BCUT2D eigenvalue weighted by atomic mass is 32.3. The Labute approximate surface area is 178 Å². The molecule has 0 aliphatic rings. The minimum absolute atomic E-state index is 0.493. The van der Waals surface area contributed by atoms with Crippen LogP contribution in [0.2, 0.25) is 0 Å². The minimum Gasteiger partial charge on any atom is -0.202 e. The number of sulfonamides is 2. The fraction of sp³-hybridized carbons (Fsp3) is 1.00. The first-order valence-corrected chi connectivity index (χ1v) is 13.3. The first-order chi connectivity index (χ1) is 13.4. The predicted molar refractivity (Wildman–Crippen MR) is 109 cm³/mol. The quantitative estimate of drug-likeness (QED) is 0.270. The Morgan fingerprint density at radius 3 is 1.10 bits per heavy atom. The van der Waals surface area contributed by atoms with Crippen molar-refractivity contribution in [2.75, 3.05) is 6.16 Å². The van der Waals surface area contributed by atoms with Gasteiger partial charge in [-0.2, -0.15) is 26.3 Å². The summed E-state index contributed by atoms with van der Waals surface area (Å²) in [5.41, 5.74) is -11.6. The Hall–Kier alpha value is -0.130. The van der Waals surface area contributed by atoms with Gasteiger partial charge in [-0.3, -0.25) is 0 Å². The van der Waals surface area contributed by atoms with Gasteiger partial charge in [0, 0.05) is 0 Å². The van der Waals surface area contributed by atoms with Crippen LogP contribution in [-0.4, -0.2) is 34.0 Å². The number of nitrogens with one attached hydrogen (secondary N) is 1. The topological polar surface area (TPSA) is 80.3 Å². The third kappa shape index (κ3) is 11.5. The largest absolute Gasteiger partial charge is 0.512 e. The van der Waals surface area contributed by atoms with Crippen LogP contribution in [0.3, 0.4) is 0 Å². The van der Waals surface area contributed by atoms with Crippen LogP contribution in [0.5, 0.6) is 0 Å². The van der Waals surface area contributed by atoms with Crippen molar-refractivity contribution in [2.24, 2.45) is 5.41 Å². The van der Waals surface area contributed by atoms with Crippen molar-refractivity contribution in [2.45, 2.75) is 89.6 Å². The van der Waals surface area contributed by atoms with Crippen molar-refractivity contribution in [1.29, 1.82) is 0 Å². The molecule has 1 N–H and O–H groups in total. The Morgan fingerprint density at radius 2 is 0.933 bits per heavy atom. The van der Waals surface area contributed by atoms with E-state index in [2.05, 4.69) is 30.0 Å². The van der Waals surface area contributed by atoms with Crippen LogP contribution in [0.25, 0.3) is 0 Å². The Bertz CT molecular complexity index is 615. The lowest BCUT2D eigenvalue weighted by Gasteiger charge is -2.33. The van der Waals surface area contributed by atoms with E-state index in [4.69, 9.17) is 0 Å². The van der Waals surface area contributed by atoms with Gasteiger partial charge in [0.15, 0.2) is 0 Å². The van der Waals surface area contributed by atoms with Crippen LogP contribution in [0.4, 0.5) is 26.3 Å². The van der Waals surface area contributed by atoms with Gasteiger partial charge < -0.3 is 0 Å². The van der Waals surface area contributed by atoms with Crippen LogP contribution in [0.1, 0.15) is 78.6 Å². The molecular formula is C16H32F6NO4PS2. The van der Waals surface area contributed by atoms with E-state index in [1.165, 1.54) is 63.9 Å². The number of alkyl halides is 6. The molecule has 1 atom stereocenters. The molecule has 0 rings (SSSR count). The van der Waals surface area contributed by atoms with E-state index in [-0.39, 0.29) is 0 Å². The van der Waals surface area contributed by atoms with Crippen molar-refractivity contribution in [3.8, 4) is 0 Å². The maximum atomic E-state index is 11.5. The molecule has 0 spiro atoms. The second-order valence-electron chi connectivity index (χ2n) is 7.00. The molecule has 0 aromatic carbocycles. The van der Waals surface area contributed by atoms with Crippen LogP contribution in [0.15, 0.2) is 0 Å². The summed E-state index contributed by atoms with van der Waals surface area (Å²) in [5, 5.41) is 0. The number of unbranched alkanes of at least 4 members (excludes halogenated alkanes) is 3. The molecule has 184 valence electrons. The highest BCUT2D eigenvalue weighted by Gasteiger charge is 2.55. The van der Waals surface area contributed by atoms with E-state index < -0.39 is 35.2 Å². The SMILES string of the molecule is CCCCC(CP)(CCCC)CCCC.O=S(=O)(NS(=O)(=O)C(F)(F)F)C(F)(F)F. The molecule has 0 aromatic heterocycles. The molecular weight excluding hydrogens is 479 g/mol. The zero-order chi connectivity index (χ0) is 24.3. The van der Waals surface area contributed by atoms with Crippen LogP contribution in [0, 0.1) is 5.41 Å². The van der Waals surface area contributed by atoms with E-state index in [0.717, 1.165) is 0 Å². The molecule has 0 aromatic rings. The van der Waals surface area contributed by atoms with Crippen molar-refractivity contribution in [1.82, 2.24) is 4.13 Å². The van der Waals surface area contributed by atoms with Gasteiger partial charge in [-0.15, -0.1) is 9.24 Å². The summed E-state index contributed by atoms with van der Waals surface area (Å²) in [5.74, 6) is 0. The minimum atomic E-state index is -6.60. The molecule has 0 saturated heterocycles. The lowest BCUT2D eigenvalue weighted by atomic mass is 9.76. The summed E-state index contributed by atoms with van der Waals surface area (Å²) in [7, 11) is -10.2. The standard InChI is InChI=1S/C14H31P.C2HF6NO4S2/c1-4-7-10-14(13-15,11-8-5-2)12-9-6-3;3-1(4,5)14(10,11)9-15(12,13)2(6,7)8/h4-13,15H2,1-3H3;9H. The predicted octanol–water partition coefficient (Wildman–Crippen LogP) is 5.69. The lowest BCUT2D eigenvalue weighted by molar-refractivity contribution is -0.0476. The summed E-state index contributed by atoms with van der Waals surface area (Å²) < 4.78 is 108. The molecule has 0 aliphatic carbocycles. The summed E-state index contributed by atoms with van der Waals surface area (Å²) in [6.07, 6.45) is 14.0. The number of hydrogen-bond donors (Lipinski definition) is 1. The van der Waals surface area contributed by atoms with Crippen molar-refractivity contribution in [3.63, 3.8) is 0 Å². The number of hydrogen-bond acceptors (Lipinski definition) is 4. The Balaban J connectivity index is 0. The molecule has 0 amide bonds. The second kappa shape index (κ2) is 13.4. The molecule has 0 aliphatic heterocycles. The first kappa shape index (κ1) is 32.1. The molecule has 0 radical (unpaired) electrons. The van der Waals surface area contributed by atoms with Crippen molar-refractivity contribution in [3.05, 3.63) is 0 Å². The average Bonchev–Trinajstić information content (AvgIpc) is 2.59. The zero-order valence-electron chi connectivity index (χ0n) is 17.4. The third-order valence-electron chi connectivity index (χ3n) is 4.44. The van der Waals surface area contributed by atoms with Gasteiger partial charge in [-0.05, 0) is 30.8 Å². The monoisotopic (exact) mass is 511 g/mol.